The number of para-hydroxylation sites is 1. The van der Waals surface area contributed by atoms with E-state index in [9.17, 15) is 8.42 Å². The van der Waals surface area contributed by atoms with Crippen molar-refractivity contribution in [1.29, 1.82) is 0 Å². The fourth-order valence-electron chi connectivity index (χ4n) is 3.15. The van der Waals surface area contributed by atoms with Gasteiger partial charge in [-0.05, 0) is 12.1 Å². The summed E-state index contributed by atoms with van der Waals surface area (Å²) in [5.41, 5.74) is 3.63. The molecule has 1 N–H and O–H groups in total. The van der Waals surface area contributed by atoms with Crippen LogP contribution in [0.1, 0.15) is 0 Å². The molecular formula is C22H19N3O2S. The van der Waals surface area contributed by atoms with E-state index in [0.29, 0.717) is 11.4 Å². The van der Waals surface area contributed by atoms with Crippen molar-refractivity contribution in [1.82, 2.24) is 9.55 Å². The Bertz CT molecular complexity index is 1190. The second-order valence-electron chi connectivity index (χ2n) is 6.35. The first kappa shape index (κ1) is 18.0. The van der Waals surface area contributed by atoms with Gasteiger partial charge in [0, 0.05) is 23.9 Å². The summed E-state index contributed by atoms with van der Waals surface area (Å²) in [5.74, 6) is 0. The highest BCUT2D eigenvalue weighted by Gasteiger charge is 2.26. The monoisotopic (exact) mass is 389 g/mol. The van der Waals surface area contributed by atoms with Gasteiger partial charge < -0.3 is 4.57 Å². The number of nitrogens with one attached hydrogen (secondary N) is 1. The van der Waals surface area contributed by atoms with E-state index >= 15 is 0 Å². The highest BCUT2D eigenvalue weighted by molar-refractivity contribution is 7.92. The molecule has 3 aromatic carbocycles. The second kappa shape index (κ2) is 7.32. The number of hydrogen-bond acceptors (Lipinski definition) is 3. The van der Waals surface area contributed by atoms with Crippen LogP contribution in [0.15, 0.2) is 96.2 Å². The number of rotatable bonds is 5. The van der Waals surface area contributed by atoms with Crippen LogP contribution in [0.2, 0.25) is 0 Å². The van der Waals surface area contributed by atoms with Gasteiger partial charge in [0.1, 0.15) is 0 Å². The zero-order valence-corrected chi connectivity index (χ0v) is 16.1. The summed E-state index contributed by atoms with van der Waals surface area (Å²) in [5, 5.41) is -0.0333. The summed E-state index contributed by atoms with van der Waals surface area (Å²) < 4.78 is 30.3. The van der Waals surface area contributed by atoms with Crippen LogP contribution in [0.25, 0.3) is 22.5 Å². The lowest BCUT2D eigenvalue weighted by Crippen LogP contribution is -2.17. The number of hydrogen-bond donors (Lipinski definition) is 1. The van der Waals surface area contributed by atoms with Gasteiger partial charge in [-0.15, -0.1) is 0 Å². The van der Waals surface area contributed by atoms with E-state index in [1.165, 1.54) is 0 Å². The second-order valence-corrected chi connectivity index (χ2v) is 7.93. The van der Waals surface area contributed by atoms with Gasteiger partial charge in [-0.2, -0.15) is 8.42 Å². The van der Waals surface area contributed by atoms with Gasteiger partial charge in [0.05, 0.1) is 11.4 Å². The average Bonchev–Trinajstić information content (AvgIpc) is 3.08. The van der Waals surface area contributed by atoms with E-state index in [-0.39, 0.29) is 5.16 Å². The lowest BCUT2D eigenvalue weighted by molar-refractivity contribution is 0.585. The number of nitrogens with zero attached hydrogens (tertiary/aromatic N) is 2. The Balaban J connectivity index is 1.89. The summed E-state index contributed by atoms with van der Waals surface area (Å²) >= 11 is 0. The molecule has 0 fully saturated rings. The molecule has 28 heavy (non-hydrogen) atoms. The fourth-order valence-corrected chi connectivity index (χ4v) is 4.35. The van der Waals surface area contributed by atoms with E-state index in [1.807, 2.05) is 66.7 Å². The third-order valence-corrected chi connectivity index (χ3v) is 5.77. The molecule has 0 aliphatic carbocycles. The van der Waals surface area contributed by atoms with Crippen molar-refractivity contribution in [3.05, 3.63) is 91.0 Å². The first-order valence-corrected chi connectivity index (χ1v) is 10.3. The maximum Gasteiger partial charge on any atom is 0.295 e. The van der Waals surface area contributed by atoms with Gasteiger partial charge in [-0.25, -0.2) is 4.98 Å². The van der Waals surface area contributed by atoms with Crippen LogP contribution in [0, 0.1) is 0 Å². The topological polar surface area (TPSA) is 64.0 Å². The summed E-state index contributed by atoms with van der Waals surface area (Å²) in [4.78, 5) is 4.54. The fraction of sp³-hybridized carbons (Fsp3) is 0.0455. The molecule has 0 atom stereocenters. The Morgan fingerprint density at radius 2 is 1.25 bits per heavy atom. The molecule has 4 rings (SSSR count). The minimum atomic E-state index is -3.86. The Morgan fingerprint density at radius 1 is 0.750 bits per heavy atom. The molecule has 0 saturated heterocycles. The number of sulfonamides is 1. The first-order valence-electron chi connectivity index (χ1n) is 8.82. The maximum atomic E-state index is 13.1. The number of benzene rings is 3. The van der Waals surface area contributed by atoms with E-state index < -0.39 is 10.0 Å². The van der Waals surface area contributed by atoms with Crippen LogP contribution < -0.4 is 4.72 Å². The molecule has 0 aliphatic heterocycles. The van der Waals surface area contributed by atoms with Crippen molar-refractivity contribution in [2.45, 2.75) is 5.16 Å². The molecule has 0 aliphatic rings. The predicted octanol–water partition coefficient (Wildman–Crippen LogP) is 4.55. The highest BCUT2D eigenvalue weighted by Crippen LogP contribution is 2.33. The quantitative estimate of drug-likeness (QED) is 0.544. The first-order chi connectivity index (χ1) is 13.6. The van der Waals surface area contributed by atoms with Crippen LogP contribution in [-0.4, -0.2) is 18.0 Å². The molecule has 4 aromatic rings. The van der Waals surface area contributed by atoms with Crippen molar-refractivity contribution in [3.8, 4) is 22.5 Å². The van der Waals surface area contributed by atoms with E-state index in [4.69, 9.17) is 0 Å². The predicted molar refractivity (Wildman–Crippen MR) is 111 cm³/mol. The normalized spacial score (nSPS) is 11.3. The molecule has 0 unspecified atom stereocenters. The Morgan fingerprint density at radius 3 is 1.82 bits per heavy atom. The molecule has 0 saturated carbocycles. The van der Waals surface area contributed by atoms with Gasteiger partial charge in [0.15, 0.2) is 0 Å². The smallest absolute Gasteiger partial charge is 0.295 e. The lowest BCUT2D eigenvalue weighted by Gasteiger charge is -2.09. The van der Waals surface area contributed by atoms with Crippen LogP contribution in [-0.2, 0) is 17.1 Å². The molecule has 1 heterocycles. The Labute approximate surface area is 164 Å². The minimum Gasteiger partial charge on any atom is -0.316 e. The van der Waals surface area contributed by atoms with Crippen molar-refractivity contribution < 1.29 is 8.42 Å². The molecule has 5 nitrogen and oxygen atoms in total. The van der Waals surface area contributed by atoms with Crippen LogP contribution in [0.5, 0.6) is 0 Å². The van der Waals surface area contributed by atoms with E-state index in [1.54, 1.807) is 35.9 Å². The summed E-state index contributed by atoms with van der Waals surface area (Å²) in [7, 11) is -2.14. The average molecular weight is 389 g/mol. The molecule has 0 spiro atoms. The standard InChI is InChI=1S/C22H19N3O2S/c1-25-21(18-13-7-3-8-14-18)20(17-11-5-2-6-12-17)23-22(25)28(26,27)24-19-15-9-4-10-16-19/h2-16,24H,1H3. The highest BCUT2D eigenvalue weighted by atomic mass is 32.2. The zero-order valence-electron chi connectivity index (χ0n) is 15.3. The van der Waals surface area contributed by atoms with Crippen LogP contribution in [0.4, 0.5) is 5.69 Å². The van der Waals surface area contributed by atoms with Crippen molar-refractivity contribution in [2.75, 3.05) is 4.72 Å². The number of imidazole rings is 1. The van der Waals surface area contributed by atoms with Gasteiger partial charge in [-0.1, -0.05) is 78.9 Å². The minimum absolute atomic E-state index is 0.0333. The summed E-state index contributed by atoms with van der Waals surface area (Å²) in [6.07, 6.45) is 0. The third-order valence-electron chi connectivity index (χ3n) is 4.41. The molecule has 0 radical (unpaired) electrons. The van der Waals surface area contributed by atoms with E-state index in [2.05, 4.69) is 9.71 Å². The summed E-state index contributed by atoms with van der Waals surface area (Å²) in [6, 6.07) is 28.1. The zero-order chi connectivity index (χ0) is 19.6. The maximum absolute atomic E-state index is 13.1. The van der Waals surface area contributed by atoms with Crippen molar-refractivity contribution in [3.63, 3.8) is 0 Å². The third kappa shape index (κ3) is 3.42. The molecular weight excluding hydrogens is 370 g/mol. The van der Waals surface area contributed by atoms with Crippen molar-refractivity contribution >= 4 is 15.7 Å². The van der Waals surface area contributed by atoms with Gasteiger partial charge in [0.2, 0.25) is 5.16 Å². The summed E-state index contributed by atoms with van der Waals surface area (Å²) in [6.45, 7) is 0. The largest absolute Gasteiger partial charge is 0.316 e. The molecule has 0 amide bonds. The lowest BCUT2D eigenvalue weighted by atomic mass is 10.1. The van der Waals surface area contributed by atoms with Crippen LogP contribution >= 0.6 is 0 Å². The van der Waals surface area contributed by atoms with Gasteiger partial charge >= 0.3 is 0 Å². The Hall–Kier alpha value is -3.38. The Kier molecular flexibility index (Phi) is 4.71. The molecule has 1 aromatic heterocycles. The molecule has 0 bridgehead atoms. The SMILES string of the molecule is Cn1c(S(=O)(=O)Nc2ccccc2)nc(-c2ccccc2)c1-c1ccccc1. The van der Waals surface area contributed by atoms with Gasteiger partial charge in [-0.3, -0.25) is 4.72 Å². The molecule has 140 valence electrons. The van der Waals surface area contributed by atoms with Gasteiger partial charge in [0.25, 0.3) is 10.0 Å². The van der Waals surface area contributed by atoms with E-state index in [0.717, 1.165) is 16.8 Å². The number of aromatic nitrogens is 2. The molecule has 6 heteroatoms. The van der Waals surface area contributed by atoms with Crippen molar-refractivity contribution in [2.24, 2.45) is 7.05 Å². The number of anilines is 1. The van der Waals surface area contributed by atoms with Crippen LogP contribution in [0.3, 0.4) is 0 Å².